The van der Waals surface area contributed by atoms with E-state index in [-0.39, 0.29) is 18.1 Å². The van der Waals surface area contributed by atoms with Crippen LogP contribution in [0, 0.1) is 0 Å². The van der Waals surface area contributed by atoms with Crippen LogP contribution in [-0.2, 0) is 6.54 Å². The lowest BCUT2D eigenvalue weighted by molar-refractivity contribution is 0.236. The lowest BCUT2D eigenvalue weighted by atomic mass is 10.1. The normalized spacial score (nSPS) is 18.7. The molecule has 5 rings (SSSR count). The molecule has 7 nitrogen and oxygen atoms in total. The monoisotopic (exact) mass is 427 g/mol. The summed E-state index contributed by atoms with van der Waals surface area (Å²) in [6.07, 6.45) is 0.717. The minimum atomic E-state index is -0.171. The summed E-state index contributed by atoms with van der Waals surface area (Å²) in [4.78, 5) is 19.1. The highest BCUT2D eigenvalue weighted by Gasteiger charge is 2.35. The molecule has 32 heavy (non-hydrogen) atoms. The van der Waals surface area contributed by atoms with Crippen LogP contribution < -0.4 is 10.6 Å². The number of amides is 2. The van der Waals surface area contributed by atoms with Crippen molar-refractivity contribution in [3.63, 3.8) is 0 Å². The van der Waals surface area contributed by atoms with Crippen LogP contribution in [0.1, 0.15) is 23.9 Å². The molecule has 1 aromatic heterocycles. The zero-order chi connectivity index (χ0) is 21.9. The fraction of sp³-hybridized carbons (Fsp3) is 0.240. The predicted molar refractivity (Wildman–Crippen MR) is 123 cm³/mol. The predicted octanol–water partition coefficient (Wildman–Crippen LogP) is 4.13. The number of nitrogens with one attached hydrogen (secondary N) is 2. The van der Waals surface area contributed by atoms with Crippen molar-refractivity contribution < 1.29 is 9.32 Å². The van der Waals surface area contributed by atoms with Gasteiger partial charge < -0.3 is 15.2 Å². The number of hydrogen-bond acceptors (Lipinski definition) is 5. The van der Waals surface area contributed by atoms with Gasteiger partial charge in [0.1, 0.15) is 0 Å². The smallest absolute Gasteiger partial charge is 0.315 e. The third-order valence-electron chi connectivity index (χ3n) is 5.91. The topological polar surface area (TPSA) is 83.3 Å². The number of hydrogen-bond donors (Lipinski definition) is 2. The third kappa shape index (κ3) is 4.33. The largest absolute Gasteiger partial charge is 0.337 e. The van der Waals surface area contributed by atoms with Gasteiger partial charge in [-0.1, -0.05) is 71.9 Å². The first-order chi connectivity index (χ1) is 15.7. The van der Waals surface area contributed by atoms with E-state index in [0.717, 1.165) is 23.1 Å². The molecule has 1 saturated heterocycles. The Kier molecular flexibility index (Phi) is 5.56. The summed E-state index contributed by atoms with van der Waals surface area (Å²) in [5, 5.41) is 12.5. The summed E-state index contributed by atoms with van der Waals surface area (Å²) in [6.45, 7) is 1.22. The molecular weight excluding hydrogens is 402 g/mol. The molecule has 0 aliphatic carbocycles. The van der Waals surface area contributed by atoms with Crippen LogP contribution in [0.5, 0.6) is 0 Å². The Morgan fingerprint density at radius 1 is 1.06 bits per heavy atom. The zero-order valence-electron chi connectivity index (χ0n) is 17.9. The van der Waals surface area contributed by atoms with E-state index >= 15 is 0 Å². The molecule has 0 saturated carbocycles. The highest BCUT2D eigenvalue weighted by atomic mass is 16.5. The molecule has 2 heterocycles. The first kappa shape index (κ1) is 20.2. The van der Waals surface area contributed by atoms with Gasteiger partial charge in [0.25, 0.3) is 0 Å². The molecule has 7 heteroatoms. The Morgan fingerprint density at radius 2 is 1.84 bits per heavy atom. The van der Waals surface area contributed by atoms with Crippen molar-refractivity contribution in [1.29, 1.82) is 0 Å². The van der Waals surface area contributed by atoms with E-state index in [1.807, 2.05) is 55.6 Å². The molecule has 2 N–H and O–H groups in total. The van der Waals surface area contributed by atoms with Crippen LogP contribution in [0.2, 0.25) is 0 Å². The van der Waals surface area contributed by atoms with Crippen LogP contribution in [0.25, 0.3) is 22.2 Å². The number of nitrogens with zero attached hydrogens (tertiary/aromatic N) is 3. The van der Waals surface area contributed by atoms with E-state index in [1.165, 1.54) is 5.39 Å². The van der Waals surface area contributed by atoms with E-state index in [2.05, 4.69) is 49.9 Å². The number of likely N-dealkylation sites (N-methyl/N-ethyl adjacent to an activating group) is 1. The van der Waals surface area contributed by atoms with Crippen LogP contribution >= 0.6 is 0 Å². The molecular formula is C25H25N5O2. The van der Waals surface area contributed by atoms with Crippen LogP contribution in [0.4, 0.5) is 4.79 Å². The molecule has 162 valence electrons. The summed E-state index contributed by atoms with van der Waals surface area (Å²) >= 11 is 0. The van der Waals surface area contributed by atoms with Crippen molar-refractivity contribution in [3.05, 3.63) is 84.3 Å². The molecule has 0 radical (unpaired) electrons. The number of rotatable bonds is 5. The second kappa shape index (κ2) is 8.80. The van der Waals surface area contributed by atoms with Gasteiger partial charge in [-0.05, 0) is 35.9 Å². The van der Waals surface area contributed by atoms with Gasteiger partial charge in [-0.25, -0.2) is 4.79 Å². The summed E-state index contributed by atoms with van der Waals surface area (Å²) in [5.74, 6) is 1.15. The first-order valence-electron chi connectivity index (χ1n) is 10.8. The van der Waals surface area contributed by atoms with Crippen LogP contribution in [0.15, 0.2) is 77.3 Å². The average Bonchev–Trinajstić information content (AvgIpc) is 3.44. The first-order valence-corrected chi connectivity index (χ1v) is 10.8. The maximum atomic E-state index is 12.3. The van der Waals surface area contributed by atoms with E-state index in [4.69, 9.17) is 4.52 Å². The summed E-state index contributed by atoms with van der Waals surface area (Å²) in [5.41, 5.74) is 1.99. The van der Waals surface area contributed by atoms with Crippen molar-refractivity contribution in [1.82, 2.24) is 25.7 Å². The summed E-state index contributed by atoms with van der Waals surface area (Å²) in [6, 6.07) is 24.0. The molecule has 2 amide bonds. The lowest BCUT2D eigenvalue weighted by Gasteiger charge is -2.14. The number of likely N-dealkylation sites (tertiary alicyclic amines) is 1. The molecule has 2 atom stereocenters. The van der Waals surface area contributed by atoms with Gasteiger partial charge in [0.2, 0.25) is 11.7 Å². The fourth-order valence-corrected chi connectivity index (χ4v) is 4.22. The number of fused-ring (bicyclic) bond motifs is 1. The van der Waals surface area contributed by atoms with Gasteiger partial charge in [-0.15, -0.1) is 0 Å². The van der Waals surface area contributed by atoms with Crippen molar-refractivity contribution in [2.24, 2.45) is 0 Å². The highest BCUT2D eigenvalue weighted by Crippen LogP contribution is 2.31. The molecule has 1 aliphatic heterocycles. The number of benzene rings is 3. The third-order valence-corrected chi connectivity index (χ3v) is 5.91. The summed E-state index contributed by atoms with van der Waals surface area (Å²) in [7, 11) is 2.01. The van der Waals surface area contributed by atoms with Gasteiger partial charge in [0, 0.05) is 24.7 Å². The fourth-order valence-electron chi connectivity index (χ4n) is 4.22. The molecule has 1 fully saturated rings. The summed E-state index contributed by atoms with van der Waals surface area (Å²) < 4.78 is 5.61. The van der Waals surface area contributed by atoms with Crippen molar-refractivity contribution in [2.75, 3.05) is 13.6 Å². The Labute approximate surface area is 186 Å². The van der Waals surface area contributed by atoms with Gasteiger partial charge in [-0.2, -0.15) is 4.98 Å². The number of carbonyl (C=O) groups excluding carboxylic acids is 1. The molecule has 0 unspecified atom stereocenters. The molecule has 1 aliphatic rings. The van der Waals surface area contributed by atoms with E-state index < -0.39 is 0 Å². The Bertz CT molecular complexity index is 1220. The number of carbonyl (C=O) groups is 1. The van der Waals surface area contributed by atoms with Crippen molar-refractivity contribution >= 4 is 16.8 Å². The Morgan fingerprint density at radius 3 is 2.69 bits per heavy atom. The van der Waals surface area contributed by atoms with Gasteiger partial charge >= 0.3 is 6.03 Å². The van der Waals surface area contributed by atoms with E-state index in [0.29, 0.717) is 24.7 Å². The number of aromatic nitrogens is 2. The minimum Gasteiger partial charge on any atom is -0.337 e. The minimum absolute atomic E-state index is 0.0109. The quantitative estimate of drug-likeness (QED) is 0.500. The van der Waals surface area contributed by atoms with Gasteiger partial charge in [0.05, 0.1) is 6.04 Å². The molecule has 3 aromatic carbocycles. The molecule has 4 aromatic rings. The van der Waals surface area contributed by atoms with Gasteiger partial charge in [0.15, 0.2) is 0 Å². The maximum absolute atomic E-state index is 12.3. The van der Waals surface area contributed by atoms with E-state index in [9.17, 15) is 4.79 Å². The molecule has 0 bridgehead atoms. The van der Waals surface area contributed by atoms with Crippen LogP contribution in [0.3, 0.4) is 0 Å². The standard InChI is InChI=1S/C25H25N5O2/c1-30-16-21(27-25(31)26-15-17-7-3-2-4-8-17)14-22(30)24-28-23(29-32-24)20-12-11-18-9-5-6-10-19(18)13-20/h2-13,21-22H,14-16H2,1H3,(H2,26,27,31)/t21-,22-/m0/s1. The van der Waals surface area contributed by atoms with Crippen molar-refractivity contribution in [2.45, 2.75) is 25.0 Å². The Balaban J connectivity index is 1.22. The number of urea groups is 1. The highest BCUT2D eigenvalue weighted by molar-refractivity contribution is 5.86. The second-order valence-corrected chi connectivity index (χ2v) is 8.22. The van der Waals surface area contributed by atoms with Crippen molar-refractivity contribution in [3.8, 4) is 11.4 Å². The lowest BCUT2D eigenvalue weighted by Crippen LogP contribution is -2.42. The SMILES string of the molecule is CN1C[C@@H](NC(=O)NCc2ccccc2)C[C@H]1c1nc(-c2ccc3ccccc3c2)no1. The Hall–Kier alpha value is -3.71. The average molecular weight is 428 g/mol. The molecule has 0 spiro atoms. The maximum Gasteiger partial charge on any atom is 0.315 e. The van der Waals surface area contributed by atoms with Crippen LogP contribution in [-0.4, -0.2) is 40.7 Å². The zero-order valence-corrected chi connectivity index (χ0v) is 17.9. The van der Waals surface area contributed by atoms with E-state index in [1.54, 1.807) is 0 Å². The second-order valence-electron chi connectivity index (χ2n) is 8.22. The van der Waals surface area contributed by atoms with Gasteiger partial charge in [-0.3, -0.25) is 4.90 Å².